The normalized spacial score (nSPS) is 10.1. The van der Waals surface area contributed by atoms with E-state index in [-0.39, 0.29) is 12.4 Å². The fourth-order valence-corrected chi connectivity index (χ4v) is 1.54. The summed E-state index contributed by atoms with van der Waals surface area (Å²) in [6.07, 6.45) is -0.797. The highest BCUT2D eigenvalue weighted by molar-refractivity contribution is 9.10. The van der Waals surface area contributed by atoms with Gasteiger partial charge in [0.15, 0.2) is 0 Å². The average Bonchev–Trinajstić information content (AvgIpc) is 2.23. The second-order valence-electron chi connectivity index (χ2n) is 3.06. The number of ether oxygens (including phenoxy) is 1. The van der Waals surface area contributed by atoms with Crippen molar-refractivity contribution in [3.63, 3.8) is 0 Å². The number of carbonyl (C=O) groups excluding carboxylic acids is 1. The zero-order valence-electron chi connectivity index (χ0n) is 8.50. The van der Waals surface area contributed by atoms with Crippen molar-refractivity contribution in [1.29, 1.82) is 0 Å². The molecule has 0 aromatic heterocycles. The molecule has 0 spiro atoms. The summed E-state index contributed by atoms with van der Waals surface area (Å²) < 4.78 is 18.1. The number of rotatable bonds is 5. The molecule has 1 aromatic rings. The molecule has 1 amide bonds. The first-order valence-electron chi connectivity index (χ1n) is 4.67. The molecular formula is C10H12BrFN2O2. The second-order valence-corrected chi connectivity index (χ2v) is 3.85. The van der Waals surface area contributed by atoms with Crippen LogP contribution in [0, 0.1) is 5.82 Å². The first-order chi connectivity index (χ1) is 7.61. The summed E-state index contributed by atoms with van der Waals surface area (Å²) in [7, 11) is 0. The standard InChI is InChI=1S/C10H12BrFN2O2/c11-9-7(2-1-3-8(9)12)6-14-4-5-16-10(13)15/h1-3,14H,4-6H2,(H2,13,15). The molecule has 3 N–H and O–H groups in total. The van der Waals surface area contributed by atoms with E-state index < -0.39 is 6.09 Å². The Hall–Kier alpha value is -1.14. The van der Waals surface area contributed by atoms with Crippen molar-refractivity contribution in [2.24, 2.45) is 5.73 Å². The lowest BCUT2D eigenvalue weighted by molar-refractivity contribution is 0.157. The van der Waals surface area contributed by atoms with Crippen LogP contribution < -0.4 is 11.1 Å². The largest absolute Gasteiger partial charge is 0.448 e. The van der Waals surface area contributed by atoms with Gasteiger partial charge in [-0.25, -0.2) is 9.18 Å². The first kappa shape index (κ1) is 12.9. The van der Waals surface area contributed by atoms with Gasteiger partial charge in [-0.3, -0.25) is 0 Å². The van der Waals surface area contributed by atoms with Crippen LogP contribution in [-0.2, 0) is 11.3 Å². The van der Waals surface area contributed by atoms with Crippen molar-refractivity contribution in [2.75, 3.05) is 13.2 Å². The molecule has 0 heterocycles. The van der Waals surface area contributed by atoms with E-state index in [0.717, 1.165) is 5.56 Å². The Morgan fingerprint density at radius 2 is 2.31 bits per heavy atom. The van der Waals surface area contributed by atoms with Gasteiger partial charge in [0.2, 0.25) is 0 Å². The number of benzene rings is 1. The Labute approximate surface area is 101 Å². The summed E-state index contributed by atoms with van der Waals surface area (Å²) in [6.45, 7) is 1.15. The summed E-state index contributed by atoms with van der Waals surface area (Å²) in [4.78, 5) is 10.2. The molecular weight excluding hydrogens is 279 g/mol. The van der Waals surface area contributed by atoms with Crippen LogP contribution in [0.1, 0.15) is 5.56 Å². The van der Waals surface area contributed by atoms with E-state index in [1.54, 1.807) is 12.1 Å². The maximum absolute atomic E-state index is 13.1. The molecule has 0 saturated heterocycles. The maximum Gasteiger partial charge on any atom is 0.404 e. The van der Waals surface area contributed by atoms with Gasteiger partial charge in [-0.15, -0.1) is 0 Å². The minimum absolute atomic E-state index is 0.197. The molecule has 0 unspecified atom stereocenters. The van der Waals surface area contributed by atoms with Crippen molar-refractivity contribution in [3.05, 3.63) is 34.1 Å². The van der Waals surface area contributed by atoms with E-state index in [1.807, 2.05) is 0 Å². The molecule has 16 heavy (non-hydrogen) atoms. The number of nitrogens with one attached hydrogen (secondary N) is 1. The zero-order chi connectivity index (χ0) is 12.0. The summed E-state index contributed by atoms with van der Waals surface area (Å²) in [5.41, 5.74) is 5.59. The molecule has 0 radical (unpaired) electrons. The van der Waals surface area contributed by atoms with Crippen molar-refractivity contribution >= 4 is 22.0 Å². The first-order valence-corrected chi connectivity index (χ1v) is 5.46. The lowest BCUT2D eigenvalue weighted by atomic mass is 10.2. The molecule has 6 heteroatoms. The molecule has 0 atom stereocenters. The number of amides is 1. The van der Waals surface area contributed by atoms with Gasteiger partial charge < -0.3 is 15.8 Å². The molecule has 0 aliphatic heterocycles. The second kappa shape index (κ2) is 6.44. The van der Waals surface area contributed by atoms with Crippen molar-refractivity contribution in [1.82, 2.24) is 5.32 Å². The lowest BCUT2D eigenvalue weighted by Crippen LogP contribution is -2.23. The number of hydrogen-bond donors (Lipinski definition) is 2. The van der Waals surface area contributed by atoms with Crippen LogP contribution in [0.5, 0.6) is 0 Å². The SMILES string of the molecule is NC(=O)OCCNCc1cccc(F)c1Br. The fraction of sp³-hybridized carbons (Fsp3) is 0.300. The number of nitrogens with two attached hydrogens (primary N) is 1. The van der Waals surface area contributed by atoms with E-state index >= 15 is 0 Å². The Bertz CT molecular complexity index is 374. The van der Waals surface area contributed by atoms with Gasteiger partial charge in [0.1, 0.15) is 12.4 Å². The van der Waals surface area contributed by atoms with Crippen molar-refractivity contribution < 1.29 is 13.9 Å². The summed E-state index contributed by atoms with van der Waals surface area (Å²) in [6, 6.07) is 4.82. The van der Waals surface area contributed by atoms with Gasteiger partial charge in [0.25, 0.3) is 0 Å². The third-order valence-electron chi connectivity index (χ3n) is 1.87. The quantitative estimate of drug-likeness (QED) is 0.813. The van der Waals surface area contributed by atoms with E-state index in [1.165, 1.54) is 6.07 Å². The smallest absolute Gasteiger partial charge is 0.404 e. The Morgan fingerprint density at radius 1 is 1.56 bits per heavy atom. The molecule has 0 aliphatic rings. The van der Waals surface area contributed by atoms with Crippen molar-refractivity contribution in [3.8, 4) is 0 Å². The predicted molar refractivity (Wildman–Crippen MR) is 61.3 cm³/mol. The molecule has 0 fully saturated rings. The molecule has 1 rings (SSSR count). The van der Waals surface area contributed by atoms with Crippen LogP contribution in [0.2, 0.25) is 0 Å². The van der Waals surface area contributed by atoms with Gasteiger partial charge in [-0.1, -0.05) is 12.1 Å². The third-order valence-corrected chi connectivity index (χ3v) is 2.76. The van der Waals surface area contributed by atoms with E-state index in [2.05, 4.69) is 26.0 Å². The highest BCUT2D eigenvalue weighted by atomic mass is 79.9. The van der Waals surface area contributed by atoms with Crippen LogP contribution in [0.4, 0.5) is 9.18 Å². The van der Waals surface area contributed by atoms with Gasteiger partial charge in [0, 0.05) is 13.1 Å². The average molecular weight is 291 g/mol. The van der Waals surface area contributed by atoms with Gasteiger partial charge in [-0.2, -0.15) is 0 Å². The van der Waals surface area contributed by atoms with E-state index in [4.69, 9.17) is 5.73 Å². The summed E-state index contributed by atoms with van der Waals surface area (Å²) in [5.74, 6) is -0.298. The summed E-state index contributed by atoms with van der Waals surface area (Å²) in [5, 5.41) is 3.00. The minimum Gasteiger partial charge on any atom is -0.448 e. The minimum atomic E-state index is -0.797. The zero-order valence-corrected chi connectivity index (χ0v) is 10.1. The highest BCUT2D eigenvalue weighted by Gasteiger charge is 2.04. The molecule has 0 aliphatic carbocycles. The molecule has 4 nitrogen and oxygen atoms in total. The van der Waals surface area contributed by atoms with Gasteiger partial charge in [0.05, 0.1) is 4.47 Å². The molecule has 88 valence electrons. The van der Waals surface area contributed by atoms with Crippen LogP contribution in [0.25, 0.3) is 0 Å². The van der Waals surface area contributed by atoms with Crippen LogP contribution in [-0.4, -0.2) is 19.2 Å². The Balaban J connectivity index is 2.32. The monoisotopic (exact) mass is 290 g/mol. The van der Waals surface area contributed by atoms with E-state index in [9.17, 15) is 9.18 Å². The lowest BCUT2D eigenvalue weighted by Gasteiger charge is -2.07. The van der Waals surface area contributed by atoms with Crippen LogP contribution in [0.3, 0.4) is 0 Å². The fourth-order valence-electron chi connectivity index (χ4n) is 1.13. The number of primary amides is 1. The molecule has 1 aromatic carbocycles. The predicted octanol–water partition coefficient (Wildman–Crippen LogP) is 1.77. The number of carbonyl (C=O) groups is 1. The van der Waals surface area contributed by atoms with E-state index in [0.29, 0.717) is 17.6 Å². The Kier molecular flexibility index (Phi) is 5.21. The van der Waals surface area contributed by atoms with Gasteiger partial charge in [-0.05, 0) is 27.6 Å². The number of hydrogen-bond acceptors (Lipinski definition) is 3. The maximum atomic E-state index is 13.1. The Morgan fingerprint density at radius 3 is 3.00 bits per heavy atom. The van der Waals surface area contributed by atoms with Gasteiger partial charge >= 0.3 is 6.09 Å². The molecule has 0 saturated carbocycles. The summed E-state index contributed by atoms with van der Waals surface area (Å²) >= 11 is 3.15. The molecule has 0 bridgehead atoms. The topological polar surface area (TPSA) is 64.4 Å². The van der Waals surface area contributed by atoms with Crippen LogP contribution >= 0.6 is 15.9 Å². The van der Waals surface area contributed by atoms with Crippen LogP contribution in [0.15, 0.2) is 22.7 Å². The third kappa shape index (κ3) is 4.16. The highest BCUT2D eigenvalue weighted by Crippen LogP contribution is 2.19. The number of halogens is 2. The van der Waals surface area contributed by atoms with Crippen molar-refractivity contribution in [2.45, 2.75) is 6.54 Å².